The van der Waals surface area contributed by atoms with Crippen LogP contribution in [0, 0.1) is 13.8 Å². The van der Waals surface area contributed by atoms with Gasteiger partial charge in [0.15, 0.2) is 6.10 Å². The lowest BCUT2D eigenvalue weighted by Crippen LogP contribution is -2.30. The molecule has 0 aliphatic rings. The molecule has 0 bridgehead atoms. The van der Waals surface area contributed by atoms with Crippen LogP contribution in [0.3, 0.4) is 0 Å². The van der Waals surface area contributed by atoms with Gasteiger partial charge in [0.05, 0.1) is 22.1 Å². The highest BCUT2D eigenvalue weighted by Crippen LogP contribution is 2.28. The SMILES string of the molecule is Cc1nn(C)c(C)c1NC(=O)C(C)OC(=O)c1[nH]c2ccccc2c1Cl. The highest BCUT2D eigenvalue weighted by molar-refractivity contribution is 6.38. The molecule has 0 fully saturated rings. The molecule has 2 N–H and O–H groups in total. The van der Waals surface area contributed by atoms with Gasteiger partial charge in [-0.1, -0.05) is 29.8 Å². The van der Waals surface area contributed by atoms with Gasteiger partial charge in [0.2, 0.25) is 0 Å². The Morgan fingerprint density at radius 2 is 2.00 bits per heavy atom. The number of esters is 1. The number of hydrogen-bond donors (Lipinski definition) is 2. The van der Waals surface area contributed by atoms with Crippen molar-refractivity contribution >= 4 is 40.1 Å². The van der Waals surface area contributed by atoms with E-state index in [0.717, 1.165) is 16.6 Å². The third kappa shape index (κ3) is 3.17. The zero-order chi connectivity index (χ0) is 19.0. The lowest BCUT2D eigenvalue weighted by Gasteiger charge is -2.13. The van der Waals surface area contributed by atoms with Crippen molar-refractivity contribution in [2.45, 2.75) is 26.9 Å². The monoisotopic (exact) mass is 374 g/mol. The van der Waals surface area contributed by atoms with Crippen molar-refractivity contribution in [3.8, 4) is 0 Å². The number of benzene rings is 1. The smallest absolute Gasteiger partial charge is 0.357 e. The summed E-state index contributed by atoms with van der Waals surface area (Å²) in [6.45, 7) is 5.14. The van der Waals surface area contributed by atoms with Gasteiger partial charge in [0.1, 0.15) is 5.69 Å². The van der Waals surface area contributed by atoms with Gasteiger partial charge in [-0.3, -0.25) is 9.48 Å². The first-order valence-corrected chi connectivity index (χ1v) is 8.45. The number of hydrogen-bond acceptors (Lipinski definition) is 4. The number of ether oxygens (including phenoxy) is 1. The maximum Gasteiger partial charge on any atom is 0.357 e. The number of carbonyl (C=O) groups is 2. The summed E-state index contributed by atoms with van der Waals surface area (Å²) in [6, 6.07) is 7.27. The van der Waals surface area contributed by atoms with Crippen molar-refractivity contribution in [3.63, 3.8) is 0 Å². The average Bonchev–Trinajstić information content (AvgIpc) is 3.06. The Morgan fingerprint density at radius 3 is 2.62 bits per heavy atom. The summed E-state index contributed by atoms with van der Waals surface area (Å²) in [7, 11) is 1.79. The second-order valence-electron chi connectivity index (χ2n) is 6.07. The molecule has 1 atom stereocenters. The minimum Gasteiger partial charge on any atom is -0.448 e. The van der Waals surface area contributed by atoms with Crippen molar-refractivity contribution in [2.24, 2.45) is 7.05 Å². The zero-order valence-electron chi connectivity index (χ0n) is 14.9. The highest BCUT2D eigenvalue weighted by Gasteiger charge is 2.24. The number of halogens is 1. The van der Waals surface area contributed by atoms with Crippen LogP contribution < -0.4 is 5.32 Å². The third-order valence-electron chi connectivity index (χ3n) is 4.26. The molecule has 7 nitrogen and oxygen atoms in total. The van der Waals surface area contributed by atoms with E-state index in [0.29, 0.717) is 11.4 Å². The number of aromatic amines is 1. The Hall–Kier alpha value is -2.80. The van der Waals surface area contributed by atoms with Gasteiger partial charge in [-0.15, -0.1) is 0 Å². The maximum absolute atomic E-state index is 12.4. The van der Waals surface area contributed by atoms with E-state index < -0.39 is 18.0 Å². The van der Waals surface area contributed by atoms with E-state index in [4.69, 9.17) is 16.3 Å². The summed E-state index contributed by atoms with van der Waals surface area (Å²) in [5, 5.41) is 7.99. The second kappa shape index (κ2) is 6.84. The number of H-pyrrole nitrogens is 1. The second-order valence-corrected chi connectivity index (χ2v) is 6.44. The van der Waals surface area contributed by atoms with Gasteiger partial charge in [-0.25, -0.2) is 4.79 Å². The number of carbonyl (C=O) groups excluding carboxylic acids is 2. The van der Waals surface area contributed by atoms with E-state index in [9.17, 15) is 9.59 Å². The van der Waals surface area contributed by atoms with E-state index in [1.54, 1.807) is 24.7 Å². The predicted octanol–water partition coefficient (Wildman–Crippen LogP) is 3.36. The van der Waals surface area contributed by atoms with Crippen LogP contribution in [0.15, 0.2) is 24.3 Å². The molecule has 2 aromatic heterocycles. The highest BCUT2D eigenvalue weighted by atomic mass is 35.5. The van der Waals surface area contributed by atoms with Gasteiger partial charge in [-0.05, 0) is 26.8 Å². The number of anilines is 1. The molecule has 0 aliphatic carbocycles. The number of fused-ring (bicyclic) bond motifs is 1. The summed E-state index contributed by atoms with van der Waals surface area (Å²) in [5.74, 6) is -1.13. The minimum absolute atomic E-state index is 0.126. The summed E-state index contributed by atoms with van der Waals surface area (Å²) in [5.41, 5.74) is 2.97. The van der Waals surface area contributed by atoms with E-state index in [2.05, 4.69) is 15.4 Å². The number of nitrogens with one attached hydrogen (secondary N) is 2. The van der Waals surface area contributed by atoms with Crippen LogP contribution in [-0.2, 0) is 16.6 Å². The molecule has 1 aromatic carbocycles. The largest absolute Gasteiger partial charge is 0.448 e. The molecule has 136 valence electrons. The first kappa shape index (κ1) is 18.0. The van der Waals surface area contributed by atoms with Crippen molar-refractivity contribution in [2.75, 3.05) is 5.32 Å². The molecule has 3 aromatic rings. The van der Waals surface area contributed by atoms with Gasteiger partial charge >= 0.3 is 5.97 Å². The van der Waals surface area contributed by atoms with Crippen LogP contribution >= 0.6 is 11.6 Å². The standard InChI is InChI=1S/C18H19ClN4O3/c1-9-15(10(2)23(4)22-9)21-17(24)11(3)26-18(25)16-14(19)12-7-5-6-8-13(12)20-16/h5-8,11,20H,1-4H3,(H,21,24). The van der Waals surface area contributed by atoms with Crippen LogP contribution in [0.2, 0.25) is 5.02 Å². The van der Waals surface area contributed by atoms with Crippen molar-refractivity contribution in [3.05, 3.63) is 46.4 Å². The molecule has 0 radical (unpaired) electrons. The van der Waals surface area contributed by atoms with Gasteiger partial charge < -0.3 is 15.0 Å². The lowest BCUT2D eigenvalue weighted by atomic mass is 10.2. The van der Waals surface area contributed by atoms with Gasteiger partial charge in [0.25, 0.3) is 5.91 Å². The minimum atomic E-state index is -0.996. The first-order valence-electron chi connectivity index (χ1n) is 8.07. The van der Waals surface area contributed by atoms with Crippen LogP contribution in [0.5, 0.6) is 0 Å². The normalized spacial score (nSPS) is 12.2. The Kier molecular flexibility index (Phi) is 4.73. The summed E-state index contributed by atoms with van der Waals surface area (Å²) < 4.78 is 6.95. The first-order chi connectivity index (χ1) is 12.3. The van der Waals surface area contributed by atoms with Crippen LogP contribution in [0.4, 0.5) is 5.69 Å². The lowest BCUT2D eigenvalue weighted by molar-refractivity contribution is -0.123. The molecule has 0 spiro atoms. The van der Waals surface area contributed by atoms with E-state index in [1.807, 2.05) is 25.1 Å². The quantitative estimate of drug-likeness (QED) is 0.685. The molecule has 0 aliphatic heterocycles. The van der Waals surface area contributed by atoms with Crippen molar-refractivity contribution in [1.82, 2.24) is 14.8 Å². The Balaban J connectivity index is 1.74. The van der Waals surface area contributed by atoms with Crippen LogP contribution in [0.1, 0.15) is 28.8 Å². The molecule has 8 heteroatoms. The van der Waals surface area contributed by atoms with Crippen LogP contribution in [0.25, 0.3) is 10.9 Å². The number of aryl methyl sites for hydroxylation is 2. The fourth-order valence-electron chi connectivity index (χ4n) is 2.70. The van der Waals surface area contributed by atoms with Gasteiger partial charge in [-0.2, -0.15) is 5.10 Å². The molecule has 1 unspecified atom stereocenters. The Labute approximate surface area is 155 Å². The molecule has 0 saturated carbocycles. The fourth-order valence-corrected chi connectivity index (χ4v) is 2.99. The topological polar surface area (TPSA) is 89.0 Å². The van der Waals surface area contributed by atoms with E-state index in [1.165, 1.54) is 6.92 Å². The van der Waals surface area contributed by atoms with E-state index >= 15 is 0 Å². The number of para-hydroxylation sites is 1. The number of aromatic nitrogens is 3. The third-order valence-corrected chi connectivity index (χ3v) is 4.65. The van der Waals surface area contributed by atoms with Crippen molar-refractivity contribution in [1.29, 1.82) is 0 Å². The van der Waals surface area contributed by atoms with Crippen LogP contribution in [-0.4, -0.2) is 32.7 Å². The fraction of sp³-hybridized carbons (Fsp3) is 0.278. The van der Waals surface area contributed by atoms with Gasteiger partial charge in [0, 0.05) is 18.0 Å². The molecule has 2 heterocycles. The molecule has 26 heavy (non-hydrogen) atoms. The molecular weight excluding hydrogens is 356 g/mol. The maximum atomic E-state index is 12.4. The Bertz CT molecular complexity index is 1010. The van der Waals surface area contributed by atoms with E-state index in [-0.39, 0.29) is 10.7 Å². The number of nitrogens with zero attached hydrogens (tertiary/aromatic N) is 2. The average molecular weight is 375 g/mol. The Morgan fingerprint density at radius 1 is 1.31 bits per heavy atom. The molecule has 3 rings (SSSR count). The number of rotatable bonds is 4. The molecule has 0 saturated heterocycles. The van der Waals surface area contributed by atoms with Crippen molar-refractivity contribution < 1.29 is 14.3 Å². The molecular formula is C18H19ClN4O3. The zero-order valence-corrected chi connectivity index (χ0v) is 15.6. The summed E-state index contributed by atoms with van der Waals surface area (Å²) in [4.78, 5) is 27.7. The molecule has 1 amide bonds. The summed E-state index contributed by atoms with van der Waals surface area (Å²) >= 11 is 6.25. The predicted molar refractivity (Wildman–Crippen MR) is 99.5 cm³/mol. The summed E-state index contributed by atoms with van der Waals surface area (Å²) in [6.07, 6.45) is -0.996. The number of amides is 1.